The van der Waals surface area contributed by atoms with Gasteiger partial charge in [0.25, 0.3) is 0 Å². The fourth-order valence-corrected chi connectivity index (χ4v) is 3.88. The van der Waals surface area contributed by atoms with Gasteiger partial charge in [0, 0.05) is 30.1 Å². The third kappa shape index (κ3) is 3.59. The van der Waals surface area contributed by atoms with Crippen LogP contribution in [0.4, 0.5) is 0 Å². The minimum Gasteiger partial charge on any atom is -0.299 e. The zero-order valence-corrected chi connectivity index (χ0v) is 13.1. The van der Waals surface area contributed by atoms with Crippen molar-refractivity contribution in [3.63, 3.8) is 0 Å². The Morgan fingerprint density at radius 3 is 2.74 bits per heavy atom. The first-order chi connectivity index (χ1) is 9.31. The maximum atomic E-state index is 3.56. The van der Waals surface area contributed by atoms with Crippen molar-refractivity contribution in [2.75, 3.05) is 26.2 Å². The molecule has 1 atom stereocenters. The number of nitrogens with zero attached hydrogens (tertiary/aromatic N) is 2. The zero-order valence-electron chi connectivity index (χ0n) is 11.5. The van der Waals surface area contributed by atoms with Crippen molar-refractivity contribution in [1.29, 1.82) is 0 Å². The summed E-state index contributed by atoms with van der Waals surface area (Å²) in [6.07, 6.45) is 5.60. The highest BCUT2D eigenvalue weighted by molar-refractivity contribution is 9.10. The van der Waals surface area contributed by atoms with Gasteiger partial charge in [0.1, 0.15) is 0 Å². The van der Waals surface area contributed by atoms with Crippen LogP contribution in [0.15, 0.2) is 28.7 Å². The summed E-state index contributed by atoms with van der Waals surface area (Å²) in [5, 5.41) is 0. The van der Waals surface area contributed by atoms with Gasteiger partial charge in [0.15, 0.2) is 0 Å². The van der Waals surface area contributed by atoms with Crippen LogP contribution in [0.3, 0.4) is 0 Å². The average Bonchev–Trinajstić information content (AvgIpc) is 2.88. The van der Waals surface area contributed by atoms with Gasteiger partial charge < -0.3 is 0 Å². The summed E-state index contributed by atoms with van der Waals surface area (Å²) in [5.74, 6) is 0. The molecule has 2 fully saturated rings. The molecule has 3 rings (SSSR count). The van der Waals surface area contributed by atoms with Crippen LogP contribution < -0.4 is 0 Å². The van der Waals surface area contributed by atoms with Gasteiger partial charge in [-0.2, -0.15) is 0 Å². The second-order valence-electron chi connectivity index (χ2n) is 5.90. The molecule has 1 aromatic rings. The van der Waals surface area contributed by atoms with Crippen LogP contribution in [0.25, 0.3) is 0 Å². The molecule has 0 aromatic heterocycles. The molecule has 0 amide bonds. The number of piperidine rings is 1. The fraction of sp³-hybridized carbons (Fsp3) is 0.625. The van der Waals surface area contributed by atoms with Crippen molar-refractivity contribution in [1.82, 2.24) is 9.80 Å². The van der Waals surface area contributed by atoms with Crippen LogP contribution in [0.1, 0.15) is 31.2 Å². The summed E-state index contributed by atoms with van der Waals surface area (Å²) in [6.45, 7) is 6.27. The van der Waals surface area contributed by atoms with Crippen molar-refractivity contribution in [2.24, 2.45) is 0 Å². The standard InChI is InChI=1S/C16H23BrN2/c17-15-6-4-5-14(11-15)12-18-10-7-16(13-18)19-8-2-1-3-9-19/h4-6,11,16H,1-3,7-10,12-13H2. The molecule has 104 valence electrons. The molecule has 2 heterocycles. The monoisotopic (exact) mass is 322 g/mol. The van der Waals surface area contributed by atoms with E-state index in [0.29, 0.717) is 0 Å². The van der Waals surface area contributed by atoms with Crippen LogP contribution in [0, 0.1) is 0 Å². The zero-order chi connectivity index (χ0) is 13.1. The van der Waals surface area contributed by atoms with Crippen LogP contribution in [0.2, 0.25) is 0 Å². The second-order valence-corrected chi connectivity index (χ2v) is 6.82. The first-order valence-corrected chi connectivity index (χ1v) is 8.31. The van der Waals surface area contributed by atoms with Crippen LogP contribution >= 0.6 is 15.9 Å². The van der Waals surface area contributed by atoms with Crippen LogP contribution in [0.5, 0.6) is 0 Å². The van der Waals surface area contributed by atoms with E-state index in [1.54, 1.807) is 0 Å². The Kier molecular flexibility index (Phi) is 4.57. The quantitative estimate of drug-likeness (QED) is 0.840. The molecule has 0 N–H and O–H groups in total. The molecule has 19 heavy (non-hydrogen) atoms. The predicted molar refractivity (Wildman–Crippen MR) is 83.2 cm³/mol. The lowest BCUT2D eigenvalue weighted by molar-refractivity contribution is 0.161. The summed E-state index contributed by atoms with van der Waals surface area (Å²) in [4.78, 5) is 5.34. The van der Waals surface area contributed by atoms with Crippen molar-refractivity contribution in [3.05, 3.63) is 34.3 Å². The van der Waals surface area contributed by atoms with E-state index in [2.05, 4.69) is 50.0 Å². The van der Waals surface area contributed by atoms with Crippen molar-refractivity contribution in [3.8, 4) is 0 Å². The predicted octanol–water partition coefficient (Wildman–Crippen LogP) is 3.51. The van der Waals surface area contributed by atoms with E-state index < -0.39 is 0 Å². The Morgan fingerprint density at radius 2 is 1.95 bits per heavy atom. The molecule has 3 heteroatoms. The van der Waals surface area contributed by atoms with Gasteiger partial charge in [-0.05, 0) is 50.0 Å². The summed E-state index contributed by atoms with van der Waals surface area (Å²) in [5.41, 5.74) is 1.42. The number of halogens is 1. The van der Waals surface area contributed by atoms with Gasteiger partial charge in [0.2, 0.25) is 0 Å². The summed E-state index contributed by atoms with van der Waals surface area (Å²) in [7, 11) is 0. The van der Waals surface area contributed by atoms with Crippen LogP contribution in [-0.4, -0.2) is 42.0 Å². The summed E-state index contributed by atoms with van der Waals surface area (Å²) < 4.78 is 1.19. The largest absolute Gasteiger partial charge is 0.299 e. The van der Waals surface area contributed by atoms with Gasteiger partial charge in [-0.1, -0.05) is 34.5 Å². The first kappa shape index (κ1) is 13.6. The minimum atomic E-state index is 0.812. The highest BCUT2D eigenvalue weighted by Gasteiger charge is 2.28. The molecule has 2 aliphatic heterocycles. The van der Waals surface area contributed by atoms with E-state index in [0.717, 1.165) is 12.6 Å². The Labute approximate surface area is 124 Å². The first-order valence-electron chi connectivity index (χ1n) is 7.52. The lowest BCUT2D eigenvalue weighted by Gasteiger charge is -2.32. The Balaban J connectivity index is 1.54. The smallest absolute Gasteiger partial charge is 0.0235 e. The fourth-order valence-electron chi connectivity index (χ4n) is 3.43. The number of rotatable bonds is 3. The topological polar surface area (TPSA) is 6.48 Å². The Bertz CT molecular complexity index is 415. The normalized spacial score (nSPS) is 25.8. The summed E-state index contributed by atoms with van der Waals surface area (Å²) in [6, 6.07) is 9.53. The van der Waals surface area contributed by atoms with E-state index in [9.17, 15) is 0 Å². The number of likely N-dealkylation sites (tertiary alicyclic amines) is 2. The van der Waals surface area contributed by atoms with E-state index in [1.807, 2.05) is 0 Å². The third-order valence-corrected chi connectivity index (χ3v) is 4.94. The highest BCUT2D eigenvalue weighted by Crippen LogP contribution is 2.22. The molecular formula is C16H23BrN2. The lowest BCUT2D eigenvalue weighted by atomic mass is 10.1. The van der Waals surface area contributed by atoms with Crippen molar-refractivity contribution < 1.29 is 0 Å². The molecule has 1 aromatic carbocycles. The average molecular weight is 323 g/mol. The number of hydrogen-bond acceptors (Lipinski definition) is 2. The molecule has 0 radical (unpaired) electrons. The lowest BCUT2D eigenvalue weighted by Crippen LogP contribution is -2.40. The molecule has 0 saturated carbocycles. The van der Waals surface area contributed by atoms with Crippen molar-refractivity contribution in [2.45, 2.75) is 38.3 Å². The van der Waals surface area contributed by atoms with Gasteiger partial charge >= 0.3 is 0 Å². The van der Waals surface area contributed by atoms with E-state index >= 15 is 0 Å². The van der Waals surface area contributed by atoms with E-state index in [1.165, 1.54) is 61.9 Å². The highest BCUT2D eigenvalue weighted by atomic mass is 79.9. The molecule has 2 nitrogen and oxygen atoms in total. The SMILES string of the molecule is Brc1cccc(CN2CCC(N3CCCCC3)C2)c1. The Morgan fingerprint density at radius 1 is 1.11 bits per heavy atom. The molecule has 0 spiro atoms. The minimum absolute atomic E-state index is 0.812. The van der Waals surface area contributed by atoms with Gasteiger partial charge in [-0.25, -0.2) is 0 Å². The maximum absolute atomic E-state index is 3.56. The summed E-state index contributed by atoms with van der Waals surface area (Å²) >= 11 is 3.56. The third-order valence-electron chi connectivity index (χ3n) is 4.45. The van der Waals surface area contributed by atoms with E-state index in [-0.39, 0.29) is 0 Å². The maximum Gasteiger partial charge on any atom is 0.0235 e. The second kappa shape index (κ2) is 6.38. The molecule has 0 aliphatic carbocycles. The van der Waals surface area contributed by atoms with Gasteiger partial charge in [-0.3, -0.25) is 9.80 Å². The number of hydrogen-bond donors (Lipinski definition) is 0. The molecular weight excluding hydrogens is 300 g/mol. The van der Waals surface area contributed by atoms with E-state index in [4.69, 9.17) is 0 Å². The Hall–Kier alpha value is -0.380. The molecule has 2 aliphatic rings. The van der Waals surface area contributed by atoms with Gasteiger partial charge in [-0.15, -0.1) is 0 Å². The van der Waals surface area contributed by atoms with Crippen molar-refractivity contribution >= 4 is 15.9 Å². The van der Waals surface area contributed by atoms with Crippen LogP contribution in [-0.2, 0) is 6.54 Å². The van der Waals surface area contributed by atoms with Gasteiger partial charge in [0.05, 0.1) is 0 Å². The molecule has 2 saturated heterocycles. The molecule has 0 bridgehead atoms. The molecule has 1 unspecified atom stereocenters. The number of benzene rings is 1.